The van der Waals surface area contributed by atoms with Gasteiger partial charge >= 0.3 is 0 Å². The van der Waals surface area contributed by atoms with Gasteiger partial charge in [-0.15, -0.1) is 0 Å². The van der Waals surface area contributed by atoms with Crippen LogP contribution in [0.4, 0.5) is 0 Å². The van der Waals surface area contributed by atoms with E-state index in [0.717, 1.165) is 5.56 Å². The second-order valence-corrected chi connectivity index (χ2v) is 6.78. The van der Waals surface area contributed by atoms with Gasteiger partial charge in [-0.3, -0.25) is 4.79 Å². The third-order valence-corrected chi connectivity index (χ3v) is 4.42. The summed E-state index contributed by atoms with van der Waals surface area (Å²) in [5.74, 6) is 0.871. The number of carbonyl (C=O) groups excluding carboxylic acids is 1. The molecule has 0 aliphatic rings. The molecule has 2 aromatic carbocycles. The number of amides is 1. The molecule has 26 heavy (non-hydrogen) atoms. The number of nitrogens with zero attached hydrogens (tertiary/aromatic N) is 2. The largest absolute Gasteiger partial charge is 0.345 e. The molecule has 1 aromatic heterocycles. The number of aromatic nitrogens is 2. The zero-order valence-electron chi connectivity index (χ0n) is 14.9. The molecule has 0 radical (unpaired) electrons. The van der Waals surface area contributed by atoms with Gasteiger partial charge in [0.15, 0.2) is 5.82 Å². The van der Waals surface area contributed by atoms with E-state index in [1.54, 1.807) is 24.3 Å². The third kappa shape index (κ3) is 3.78. The van der Waals surface area contributed by atoms with Crippen LogP contribution >= 0.6 is 11.6 Å². The lowest BCUT2D eigenvalue weighted by Crippen LogP contribution is -2.27. The van der Waals surface area contributed by atoms with Crippen molar-refractivity contribution in [3.63, 3.8) is 0 Å². The SMILES string of the molecule is CC(C)c1noc(-c2ccccc2C(=O)N[C@@H](C)c2ccccc2Cl)n1. The fraction of sp³-hybridized carbons (Fsp3) is 0.250. The maximum atomic E-state index is 12.8. The normalized spacial score (nSPS) is 12.2. The lowest BCUT2D eigenvalue weighted by molar-refractivity contribution is 0.0940. The summed E-state index contributed by atoms with van der Waals surface area (Å²) in [6.07, 6.45) is 0. The van der Waals surface area contributed by atoms with Gasteiger partial charge in [0.25, 0.3) is 11.8 Å². The monoisotopic (exact) mass is 369 g/mol. The molecule has 1 amide bonds. The molecule has 1 atom stereocenters. The van der Waals surface area contributed by atoms with E-state index in [1.165, 1.54) is 0 Å². The first-order valence-electron chi connectivity index (χ1n) is 8.45. The van der Waals surface area contributed by atoms with Crippen LogP contribution < -0.4 is 5.32 Å². The van der Waals surface area contributed by atoms with E-state index < -0.39 is 0 Å². The predicted octanol–water partition coefficient (Wildman–Crippen LogP) is 5.00. The molecule has 0 unspecified atom stereocenters. The Hall–Kier alpha value is -2.66. The zero-order valence-corrected chi connectivity index (χ0v) is 15.6. The van der Waals surface area contributed by atoms with Crippen molar-refractivity contribution >= 4 is 17.5 Å². The van der Waals surface area contributed by atoms with Crippen molar-refractivity contribution in [1.82, 2.24) is 15.5 Å². The molecule has 0 fully saturated rings. The van der Waals surface area contributed by atoms with Gasteiger partial charge in [0.05, 0.1) is 17.2 Å². The number of hydrogen-bond acceptors (Lipinski definition) is 4. The molecule has 0 aliphatic heterocycles. The first-order chi connectivity index (χ1) is 12.5. The van der Waals surface area contributed by atoms with Gasteiger partial charge in [-0.2, -0.15) is 4.98 Å². The van der Waals surface area contributed by atoms with Crippen LogP contribution in [0.1, 0.15) is 54.5 Å². The molecule has 3 rings (SSSR count). The molecular formula is C20H20ClN3O2. The highest BCUT2D eigenvalue weighted by Crippen LogP contribution is 2.26. The molecule has 6 heteroatoms. The standard InChI is InChI=1S/C20H20ClN3O2/c1-12(2)18-23-20(26-24-18)16-10-5-4-9-15(16)19(25)22-13(3)14-8-6-7-11-17(14)21/h4-13H,1-3H3,(H,22,25)/t13-/m0/s1. The zero-order chi connectivity index (χ0) is 18.7. The van der Waals surface area contributed by atoms with E-state index in [9.17, 15) is 4.79 Å². The summed E-state index contributed by atoms with van der Waals surface area (Å²) < 4.78 is 5.35. The number of halogens is 1. The second-order valence-electron chi connectivity index (χ2n) is 6.37. The van der Waals surface area contributed by atoms with E-state index >= 15 is 0 Å². The minimum Gasteiger partial charge on any atom is -0.345 e. The van der Waals surface area contributed by atoms with E-state index in [-0.39, 0.29) is 17.9 Å². The van der Waals surface area contributed by atoms with E-state index in [4.69, 9.17) is 16.1 Å². The quantitative estimate of drug-likeness (QED) is 0.686. The molecule has 1 heterocycles. The van der Waals surface area contributed by atoms with Crippen molar-refractivity contribution in [2.24, 2.45) is 0 Å². The number of carbonyl (C=O) groups is 1. The molecule has 0 aliphatic carbocycles. The fourth-order valence-corrected chi connectivity index (χ4v) is 2.92. The summed E-state index contributed by atoms with van der Waals surface area (Å²) in [5.41, 5.74) is 1.95. The van der Waals surface area contributed by atoms with Crippen LogP contribution in [0.5, 0.6) is 0 Å². The molecule has 0 spiro atoms. The second kappa shape index (κ2) is 7.70. The van der Waals surface area contributed by atoms with Crippen LogP contribution in [-0.2, 0) is 0 Å². The van der Waals surface area contributed by atoms with Gasteiger partial charge in [0.1, 0.15) is 0 Å². The fourth-order valence-electron chi connectivity index (χ4n) is 2.62. The summed E-state index contributed by atoms with van der Waals surface area (Å²) in [6, 6.07) is 14.4. The highest BCUT2D eigenvalue weighted by Gasteiger charge is 2.20. The van der Waals surface area contributed by atoms with Crippen molar-refractivity contribution in [1.29, 1.82) is 0 Å². The summed E-state index contributed by atoms with van der Waals surface area (Å²) in [4.78, 5) is 17.2. The number of nitrogens with one attached hydrogen (secondary N) is 1. The average Bonchev–Trinajstić information content (AvgIpc) is 3.12. The molecule has 0 bridgehead atoms. The van der Waals surface area contributed by atoms with Crippen molar-refractivity contribution in [2.75, 3.05) is 0 Å². The maximum Gasteiger partial charge on any atom is 0.258 e. The van der Waals surface area contributed by atoms with Crippen LogP contribution in [0.3, 0.4) is 0 Å². The van der Waals surface area contributed by atoms with Crippen LogP contribution in [-0.4, -0.2) is 16.0 Å². The predicted molar refractivity (Wildman–Crippen MR) is 101 cm³/mol. The maximum absolute atomic E-state index is 12.8. The molecule has 3 aromatic rings. The summed E-state index contributed by atoms with van der Waals surface area (Å²) in [5, 5.41) is 7.57. The minimum absolute atomic E-state index is 0.147. The van der Waals surface area contributed by atoms with Crippen molar-refractivity contribution in [2.45, 2.75) is 32.7 Å². The average molecular weight is 370 g/mol. The molecule has 0 saturated carbocycles. The van der Waals surface area contributed by atoms with Crippen molar-refractivity contribution < 1.29 is 9.32 Å². The summed E-state index contributed by atoms with van der Waals surface area (Å²) in [7, 11) is 0. The van der Waals surface area contributed by atoms with E-state index in [2.05, 4.69) is 15.5 Å². The molecule has 5 nitrogen and oxygen atoms in total. The van der Waals surface area contributed by atoms with Crippen LogP contribution in [0.2, 0.25) is 5.02 Å². The highest BCUT2D eigenvalue weighted by molar-refractivity contribution is 6.31. The summed E-state index contributed by atoms with van der Waals surface area (Å²) >= 11 is 6.22. The van der Waals surface area contributed by atoms with Gasteiger partial charge in [-0.1, -0.05) is 60.9 Å². The molecular weight excluding hydrogens is 350 g/mol. The van der Waals surface area contributed by atoms with Crippen molar-refractivity contribution in [3.8, 4) is 11.5 Å². The Bertz CT molecular complexity index is 921. The van der Waals surface area contributed by atoms with E-state index in [0.29, 0.717) is 27.9 Å². The van der Waals surface area contributed by atoms with Gasteiger partial charge in [-0.25, -0.2) is 0 Å². The first-order valence-corrected chi connectivity index (χ1v) is 8.83. The Kier molecular flexibility index (Phi) is 5.38. The molecule has 134 valence electrons. The molecule has 1 N–H and O–H groups in total. The molecule has 0 saturated heterocycles. The number of rotatable bonds is 5. The number of hydrogen-bond donors (Lipinski definition) is 1. The van der Waals surface area contributed by atoms with E-state index in [1.807, 2.05) is 45.0 Å². The summed E-state index contributed by atoms with van der Waals surface area (Å²) in [6.45, 7) is 5.86. The van der Waals surface area contributed by atoms with Gasteiger partial charge in [0.2, 0.25) is 0 Å². The van der Waals surface area contributed by atoms with Gasteiger partial charge in [-0.05, 0) is 30.7 Å². The Balaban J connectivity index is 1.87. The van der Waals surface area contributed by atoms with Crippen LogP contribution in [0.25, 0.3) is 11.5 Å². The third-order valence-electron chi connectivity index (χ3n) is 4.08. The van der Waals surface area contributed by atoms with Crippen LogP contribution in [0, 0.1) is 0 Å². The topological polar surface area (TPSA) is 68.0 Å². The van der Waals surface area contributed by atoms with Crippen LogP contribution in [0.15, 0.2) is 53.1 Å². The Morgan fingerprint density at radius 1 is 1.08 bits per heavy atom. The van der Waals surface area contributed by atoms with Gasteiger partial charge in [0, 0.05) is 10.9 Å². The lowest BCUT2D eigenvalue weighted by Gasteiger charge is -2.16. The number of benzene rings is 2. The first kappa shape index (κ1) is 18.1. The highest BCUT2D eigenvalue weighted by atomic mass is 35.5. The smallest absolute Gasteiger partial charge is 0.258 e. The lowest BCUT2D eigenvalue weighted by atomic mass is 10.0. The van der Waals surface area contributed by atoms with Gasteiger partial charge < -0.3 is 9.84 Å². The van der Waals surface area contributed by atoms with Crippen molar-refractivity contribution in [3.05, 3.63) is 70.5 Å². The Morgan fingerprint density at radius 3 is 2.46 bits per heavy atom. The Morgan fingerprint density at radius 2 is 1.77 bits per heavy atom. The Labute approximate surface area is 157 Å². The minimum atomic E-state index is -0.238.